The molecule has 4 nitrogen and oxygen atoms in total. The Morgan fingerprint density at radius 1 is 1.08 bits per heavy atom. The first-order chi connectivity index (χ1) is 11.5. The van der Waals surface area contributed by atoms with Crippen molar-refractivity contribution in [2.45, 2.75) is 6.92 Å². The van der Waals surface area contributed by atoms with Crippen molar-refractivity contribution in [3.63, 3.8) is 0 Å². The summed E-state index contributed by atoms with van der Waals surface area (Å²) in [6.07, 6.45) is 0. The minimum atomic E-state index is -0.629. The Bertz CT molecular complexity index is 923. The zero-order valence-electron chi connectivity index (χ0n) is 13.0. The molecule has 3 aromatic rings. The number of esters is 1. The number of aromatic nitrogens is 1. The van der Waals surface area contributed by atoms with Gasteiger partial charge in [0, 0.05) is 17.0 Å². The Balaban J connectivity index is 1.77. The Hall–Kier alpha value is -3.08. The quantitative estimate of drug-likeness (QED) is 0.542. The van der Waals surface area contributed by atoms with E-state index in [2.05, 4.69) is 4.98 Å². The predicted octanol–water partition coefficient (Wildman–Crippen LogP) is 3.72. The minimum Gasteiger partial charge on any atom is -0.454 e. The molecule has 0 aliphatic heterocycles. The summed E-state index contributed by atoms with van der Waals surface area (Å²) < 4.78 is 18.3. The molecule has 24 heavy (non-hydrogen) atoms. The van der Waals surface area contributed by atoms with E-state index >= 15 is 0 Å². The summed E-state index contributed by atoms with van der Waals surface area (Å²) in [5, 5.41) is 0.628. The van der Waals surface area contributed by atoms with E-state index in [1.54, 1.807) is 49.4 Å². The summed E-state index contributed by atoms with van der Waals surface area (Å²) in [6.45, 7) is 1.30. The van der Waals surface area contributed by atoms with E-state index in [1.807, 2.05) is 0 Å². The average Bonchev–Trinajstić information content (AvgIpc) is 2.59. The zero-order chi connectivity index (χ0) is 17.1. The molecule has 120 valence electrons. The van der Waals surface area contributed by atoms with E-state index in [-0.39, 0.29) is 18.0 Å². The van der Waals surface area contributed by atoms with E-state index in [0.717, 1.165) is 0 Å². The van der Waals surface area contributed by atoms with Crippen LogP contribution in [-0.2, 0) is 4.74 Å². The number of aryl methyl sites for hydroxylation is 1. The van der Waals surface area contributed by atoms with Crippen LogP contribution in [0.2, 0.25) is 0 Å². The van der Waals surface area contributed by atoms with Gasteiger partial charge < -0.3 is 4.74 Å². The molecule has 0 aliphatic carbocycles. The van der Waals surface area contributed by atoms with Crippen molar-refractivity contribution in [3.05, 3.63) is 77.2 Å². The average molecular weight is 323 g/mol. The molecule has 0 aliphatic rings. The number of carbonyl (C=O) groups excluding carboxylic acids is 2. The fourth-order valence-electron chi connectivity index (χ4n) is 2.36. The standard InChI is InChI=1S/C19H14FNO3/c1-12-16(9-14-7-8-15(20)10-17(14)21-12)19(23)24-11-18(22)13-5-3-2-4-6-13/h2-10H,11H2,1H3. The molecule has 0 fully saturated rings. The molecule has 0 spiro atoms. The number of hydrogen-bond acceptors (Lipinski definition) is 4. The third kappa shape index (κ3) is 3.30. The maximum Gasteiger partial charge on any atom is 0.340 e. The second-order valence-corrected chi connectivity index (χ2v) is 5.32. The Morgan fingerprint density at radius 2 is 1.83 bits per heavy atom. The number of rotatable bonds is 4. The zero-order valence-corrected chi connectivity index (χ0v) is 13.0. The number of pyridine rings is 1. The first-order valence-corrected chi connectivity index (χ1v) is 7.37. The first-order valence-electron chi connectivity index (χ1n) is 7.37. The third-order valence-corrected chi connectivity index (χ3v) is 3.62. The van der Waals surface area contributed by atoms with Gasteiger partial charge in [-0.2, -0.15) is 0 Å². The van der Waals surface area contributed by atoms with Gasteiger partial charge in [0.05, 0.1) is 16.8 Å². The molecular formula is C19H14FNO3. The van der Waals surface area contributed by atoms with Crippen LogP contribution in [-0.4, -0.2) is 23.3 Å². The molecule has 2 aromatic carbocycles. The summed E-state index contributed by atoms with van der Waals surface area (Å²) in [5.41, 5.74) is 1.62. The van der Waals surface area contributed by atoms with Gasteiger partial charge in [-0.1, -0.05) is 30.3 Å². The molecule has 0 saturated carbocycles. The SMILES string of the molecule is Cc1nc2cc(F)ccc2cc1C(=O)OCC(=O)c1ccccc1. The van der Waals surface area contributed by atoms with Gasteiger partial charge in [-0.3, -0.25) is 9.78 Å². The van der Waals surface area contributed by atoms with Crippen molar-refractivity contribution in [3.8, 4) is 0 Å². The van der Waals surface area contributed by atoms with Gasteiger partial charge in [0.2, 0.25) is 0 Å². The molecule has 0 saturated heterocycles. The van der Waals surface area contributed by atoms with Crippen LogP contribution < -0.4 is 0 Å². The summed E-state index contributed by atoms with van der Waals surface area (Å²) in [6, 6.07) is 14.3. The van der Waals surface area contributed by atoms with Gasteiger partial charge in [-0.05, 0) is 25.1 Å². The van der Waals surface area contributed by atoms with E-state index < -0.39 is 11.8 Å². The smallest absolute Gasteiger partial charge is 0.340 e. The van der Waals surface area contributed by atoms with E-state index in [9.17, 15) is 14.0 Å². The largest absolute Gasteiger partial charge is 0.454 e. The second kappa shape index (κ2) is 6.58. The van der Waals surface area contributed by atoms with Gasteiger partial charge >= 0.3 is 5.97 Å². The van der Waals surface area contributed by atoms with Crippen LogP contribution in [0.3, 0.4) is 0 Å². The lowest BCUT2D eigenvalue weighted by molar-refractivity contribution is 0.0473. The van der Waals surface area contributed by atoms with Crippen molar-refractivity contribution in [2.75, 3.05) is 6.61 Å². The fraction of sp³-hybridized carbons (Fsp3) is 0.105. The predicted molar refractivity (Wildman–Crippen MR) is 87.5 cm³/mol. The maximum absolute atomic E-state index is 13.2. The van der Waals surface area contributed by atoms with Crippen LogP contribution in [0.5, 0.6) is 0 Å². The molecule has 1 aromatic heterocycles. The van der Waals surface area contributed by atoms with Crippen LogP contribution in [0.15, 0.2) is 54.6 Å². The molecule has 0 unspecified atom stereocenters. The Kier molecular flexibility index (Phi) is 4.33. The lowest BCUT2D eigenvalue weighted by Gasteiger charge is -2.08. The molecule has 5 heteroatoms. The topological polar surface area (TPSA) is 56.3 Å². The van der Waals surface area contributed by atoms with Crippen LogP contribution in [0.1, 0.15) is 26.4 Å². The summed E-state index contributed by atoms with van der Waals surface area (Å²) in [4.78, 5) is 28.4. The number of hydrogen-bond donors (Lipinski definition) is 0. The first kappa shape index (κ1) is 15.8. The van der Waals surface area contributed by atoms with Crippen molar-refractivity contribution in [1.82, 2.24) is 4.98 Å². The van der Waals surface area contributed by atoms with E-state index in [1.165, 1.54) is 12.1 Å². The summed E-state index contributed by atoms with van der Waals surface area (Å²) in [5.74, 6) is -1.30. The highest BCUT2D eigenvalue weighted by Gasteiger charge is 2.15. The van der Waals surface area contributed by atoms with Crippen molar-refractivity contribution >= 4 is 22.7 Å². The molecular weight excluding hydrogens is 309 g/mol. The molecule has 0 radical (unpaired) electrons. The van der Waals surface area contributed by atoms with Crippen LogP contribution in [0, 0.1) is 12.7 Å². The van der Waals surface area contributed by atoms with Crippen LogP contribution in [0.4, 0.5) is 4.39 Å². The lowest BCUT2D eigenvalue weighted by Crippen LogP contribution is -2.15. The number of fused-ring (bicyclic) bond motifs is 1. The van der Waals surface area contributed by atoms with E-state index in [4.69, 9.17) is 4.74 Å². The van der Waals surface area contributed by atoms with Crippen molar-refractivity contribution in [2.24, 2.45) is 0 Å². The molecule has 0 N–H and O–H groups in total. The summed E-state index contributed by atoms with van der Waals surface area (Å²) in [7, 11) is 0. The van der Waals surface area contributed by atoms with Crippen molar-refractivity contribution in [1.29, 1.82) is 0 Å². The number of ketones is 1. The van der Waals surface area contributed by atoms with Gasteiger partial charge in [-0.25, -0.2) is 9.18 Å². The number of benzene rings is 2. The summed E-state index contributed by atoms with van der Waals surface area (Å²) >= 11 is 0. The highest BCUT2D eigenvalue weighted by atomic mass is 19.1. The number of carbonyl (C=O) groups is 2. The lowest BCUT2D eigenvalue weighted by atomic mass is 10.1. The second-order valence-electron chi connectivity index (χ2n) is 5.32. The highest BCUT2D eigenvalue weighted by Crippen LogP contribution is 2.18. The number of nitrogens with zero attached hydrogens (tertiary/aromatic N) is 1. The highest BCUT2D eigenvalue weighted by molar-refractivity contribution is 6.00. The fourth-order valence-corrected chi connectivity index (χ4v) is 2.36. The molecule has 3 rings (SSSR count). The number of halogens is 1. The maximum atomic E-state index is 13.2. The molecule has 0 atom stereocenters. The Labute approximate surface area is 137 Å². The van der Waals surface area contributed by atoms with Crippen LogP contribution in [0.25, 0.3) is 10.9 Å². The molecule has 1 heterocycles. The van der Waals surface area contributed by atoms with Crippen LogP contribution >= 0.6 is 0 Å². The van der Waals surface area contributed by atoms with E-state index in [0.29, 0.717) is 22.2 Å². The number of ether oxygens (including phenoxy) is 1. The third-order valence-electron chi connectivity index (χ3n) is 3.62. The molecule has 0 bridgehead atoms. The molecule has 0 amide bonds. The van der Waals surface area contributed by atoms with Gasteiger partial charge in [0.15, 0.2) is 12.4 Å². The van der Waals surface area contributed by atoms with Gasteiger partial charge in [0.1, 0.15) is 5.82 Å². The van der Waals surface area contributed by atoms with Gasteiger partial charge in [-0.15, -0.1) is 0 Å². The number of Topliss-reactive ketones (excluding diaryl/α,β-unsaturated/α-hetero) is 1. The monoisotopic (exact) mass is 323 g/mol. The normalized spacial score (nSPS) is 10.6. The van der Waals surface area contributed by atoms with Crippen molar-refractivity contribution < 1.29 is 18.7 Å². The van der Waals surface area contributed by atoms with Gasteiger partial charge in [0.25, 0.3) is 0 Å². The minimum absolute atomic E-state index is 0.259. The Morgan fingerprint density at radius 3 is 2.58 bits per heavy atom.